The quantitative estimate of drug-likeness (QED) is 0.280. The molecule has 0 aromatic heterocycles. The average molecular weight is 690 g/mol. The summed E-state index contributed by atoms with van der Waals surface area (Å²) < 4.78 is 3.94. The Morgan fingerprint density at radius 2 is 0.739 bits per heavy atom. The molecule has 0 unspecified atom stereocenters. The van der Waals surface area contributed by atoms with Gasteiger partial charge in [0, 0.05) is 0 Å². The Kier molecular flexibility index (Phi) is 5.82. The number of benzene rings is 3. The van der Waals surface area contributed by atoms with Crippen LogP contribution < -0.4 is 9.37 Å². The molecule has 0 radical (unpaired) electrons. The van der Waals surface area contributed by atoms with Crippen LogP contribution in [-0.2, 0) is 0 Å². The Bertz CT molecular complexity index is 656. The average Bonchev–Trinajstić information content (AvgIpc) is 2.57. The third kappa shape index (κ3) is 3.39. The molecule has 0 fully saturated rings. The number of alkyl halides is 3. The third-order valence-electron chi connectivity index (χ3n) is 4.05. The van der Waals surface area contributed by atoms with Gasteiger partial charge in [0.2, 0.25) is 0 Å². The molecule has 0 spiro atoms. The summed E-state index contributed by atoms with van der Waals surface area (Å²) in [7, 11) is 0. The van der Waals surface area contributed by atoms with Crippen molar-refractivity contribution in [1.29, 1.82) is 0 Å². The van der Waals surface area contributed by atoms with Gasteiger partial charge in [-0.15, -0.1) is 0 Å². The van der Waals surface area contributed by atoms with Gasteiger partial charge in [-0.1, -0.05) is 0 Å². The molecule has 0 nitrogen and oxygen atoms in total. The first-order chi connectivity index (χ1) is 11.1. The van der Waals surface area contributed by atoms with Crippen molar-refractivity contribution >= 4 is 78.3 Å². The van der Waals surface area contributed by atoms with Gasteiger partial charge in [0.15, 0.2) is 0 Å². The maximum atomic E-state index is 3.94. The molecule has 116 valence electrons. The van der Waals surface area contributed by atoms with Crippen molar-refractivity contribution in [2.45, 2.75) is -0.298 Å². The monoisotopic (exact) mass is 688 g/mol. The van der Waals surface area contributed by atoms with E-state index in [2.05, 4.69) is 139 Å². The van der Waals surface area contributed by atoms with Crippen LogP contribution in [0.5, 0.6) is 0 Å². The number of rotatable bonds is 3. The van der Waals surface area contributed by atoms with Crippen molar-refractivity contribution in [1.82, 2.24) is 0 Å². The second-order valence-electron chi connectivity index (χ2n) is 5.35. The summed E-state index contributed by atoms with van der Waals surface area (Å²) in [6.07, 6.45) is 0. The van der Waals surface area contributed by atoms with Crippen molar-refractivity contribution in [2.75, 3.05) is 0 Å². The summed E-state index contributed by atoms with van der Waals surface area (Å²) in [5.41, 5.74) is 0. The van der Waals surface area contributed by atoms with Crippen molar-refractivity contribution in [3.8, 4) is 0 Å². The van der Waals surface area contributed by atoms with Gasteiger partial charge in [0.25, 0.3) is 0 Å². The summed E-state index contributed by atoms with van der Waals surface area (Å²) in [4.78, 5) is 0. The molecule has 0 aliphatic rings. The molecule has 0 saturated heterocycles. The van der Waals surface area contributed by atoms with E-state index in [9.17, 15) is 0 Å². The van der Waals surface area contributed by atoms with Gasteiger partial charge >= 0.3 is 169 Å². The van der Waals surface area contributed by atoms with E-state index in [1.165, 1.54) is 9.37 Å². The molecule has 0 bridgehead atoms. The van der Waals surface area contributed by atoms with Crippen molar-refractivity contribution in [3.05, 3.63) is 91.0 Å². The number of hydrogen-bond donors (Lipinski definition) is 0. The maximum absolute atomic E-state index is 3.94. The molecule has 0 atom stereocenters. The molecule has 0 heterocycles. The zero-order valence-corrected chi connectivity index (χ0v) is 20.9. The summed E-state index contributed by atoms with van der Waals surface area (Å²) in [5, 5.41) is 0. The van der Waals surface area contributed by atoms with E-state index in [-0.39, 0.29) is -0.298 Å². The Labute approximate surface area is 167 Å². The van der Waals surface area contributed by atoms with Crippen LogP contribution in [0.4, 0.5) is 0 Å². The molecule has 0 saturated carbocycles. The van der Waals surface area contributed by atoms with E-state index in [1.54, 1.807) is 0 Å². The normalized spacial score (nSPS) is 12.1. The number of hydrogen-bond acceptors (Lipinski definition) is 0. The molecule has 3 aromatic rings. The van der Waals surface area contributed by atoms with Crippen molar-refractivity contribution in [3.63, 3.8) is 0 Å². The topological polar surface area (TPSA) is 0 Å². The fourth-order valence-electron chi connectivity index (χ4n) is 3.06. The zero-order chi connectivity index (χ0) is 16.3. The van der Waals surface area contributed by atoms with Gasteiger partial charge in [-0.3, -0.25) is 0 Å². The summed E-state index contributed by atoms with van der Waals surface area (Å²) >= 11 is 8.29. The molecule has 3 aromatic carbocycles. The van der Waals surface area contributed by atoms with E-state index >= 15 is 0 Å². The van der Waals surface area contributed by atoms with Crippen LogP contribution in [0, 0.1) is 0 Å². The van der Waals surface area contributed by atoms with Gasteiger partial charge < -0.3 is 0 Å². The van der Waals surface area contributed by atoms with Crippen LogP contribution in [0.25, 0.3) is 0 Å². The van der Waals surface area contributed by atoms with Crippen LogP contribution in [0.2, 0.25) is 0 Å². The van der Waals surface area contributed by atoms with Crippen LogP contribution in [-0.4, -0.2) is 20.9 Å². The summed E-state index contributed by atoms with van der Waals surface area (Å²) in [5.74, 6) is 0. The Morgan fingerprint density at radius 3 is 0.957 bits per heavy atom. The second-order valence-corrected chi connectivity index (χ2v) is 36.1. The molecule has 0 aliphatic carbocycles. The molecular weight excluding hydrogens is 675 g/mol. The zero-order valence-electron chi connectivity index (χ0n) is 12.3. The van der Waals surface area contributed by atoms with Gasteiger partial charge in [0.05, 0.1) is 0 Å². The number of halogens is 3. The fraction of sp³-hybridized carbons (Fsp3) is 0.0526. The first-order valence-electron chi connectivity index (χ1n) is 7.30. The van der Waals surface area contributed by atoms with Crippen LogP contribution >= 0.6 is 47.8 Å². The third-order valence-corrected chi connectivity index (χ3v) is 37.0. The van der Waals surface area contributed by atoms with Crippen LogP contribution in [0.1, 0.15) is 0 Å². The molecule has 3 rings (SSSR count). The van der Waals surface area contributed by atoms with Crippen LogP contribution in [0.15, 0.2) is 91.0 Å². The molecular formula is C19H15Br3Pb. The van der Waals surface area contributed by atoms with E-state index in [1.807, 2.05) is 0 Å². The summed E-state index contributed by atoms with van der Waals surface area (Å²) in [6, 6.07) is 32.6. The van der Waals surface area contributed by atoms with Gasteiger partial charge in [-0.05, 0) is 0 Å². The van der Waals surface area contributed by atoms with Crippen LogP contribution in [0.3, 0.4) is 0 Å². The van der Waals surface area contributed by atoms with E-state index < -0.39 is 21.2 Å². The van der Waals surface area contributed by atoms with Crippen molar-refractivity contribution in [2.24, 2.45) is 0 Å². The Balaban J connectivity index is 2.41. The Hall–Kier alpha value is 0.0221. The SMILES string of the molecule is Br[C](Br)(Br)[Pb]([c]1ccccc1)([c]1ccccc1)[c]1ccccc1. The standard InChI is InChI=1S/3C6H5.CBr3.Pb/c3*1-2-4-6-5-3-1;2-1(3)4;/h3*1-5H;;. The summed E-state index contributed by atoms with van der Waals surface area (Å²) in [6.45, 7) is 0. The van der Waals surface area contributed by atoms with Gasteiger partial charge in [0.1, 0.15) is 0 Å². The minimum absolute atomic E-state index is 0.315. The molecule has 0 amide bonds. The first kappa shape index (κ1) is 17.8. The Morgan fingerprint density at radius 1 is 0.478 bits per heavy atom. The molecule has 0 N–H and O–H groups in total. The second kappa shape index (κ2) is 7.50. The molecule has 4 heteroatoms. The molecule has 0 aliphatic heterocycles. The van der Waals surface area contributed by atoms with Gasteiger partial charge in [-0.2, -0.15) is 0 Å². The first-order valence-corrected chi connectivity index (χ1v) is 17.5. The van der Waals surface area contributed by atoms with E-state index in [4.69, 9.17) is 0 Å². The predicted octanol–water partition coefficient (Wildman–Crippen LogP) is 4.53. The van der Waals surface area contributed by atoms with Crippen molar-refractivity contribution < 1.29 is 0 Å². The predicted molar refractivity (Wildman–Crippen MR) is 113 cm³/mol. The van der Waals surface area contributed by atoms with E-state index in [0.717, 1.165) is 0 Å². The molecule has 23 heavy (non-hydrogen) atoms. The van der Waals surface area contributed by atoms with Gasteiger partial charge in [-0.25, -0.2) is 0 Å². The minimum atomic E-state index is -3.54. The fourth-order valence-corrected chi connectivity index (χ4v) is 36.9. The van der Waals surface area contributed by atoms with E-state index in [0.29, 0.717) is 0 Å².